The second-order valence-corrected chi connectivity index (χ2v) is 10.6. The summed E-state index contributed by atoms with van der Waals surface area (Å²) < 4.78 is 16.9. The van der Waals surface area contributed by atoms with E-state index in [9.17, 15) is 19.8 Å². The molecular formula is C31H40N2O7. The molecule has 2 aliphatic rings. The van der Waals surface area contributed by atoms with Crippen LogP contribution in [0, 0.1) is 12.8 Å². The van der Waals surface area contributed by atoms with Crippen LogP contribution in [0.1, 0.15) is 49.9 Å². The fourth-order valence-corrected chi connectivity index (χ4v) is 5.09. The first-order valence-electron chi connectivity index (χ1n) is 14.0. The van der Waals surface area contributed by atoms with Crippen LogP contribution in [0.3, 0.4) is 0 Å². The fraction of sp³-hybridized carbons (Fsp3) is 0.484. The number of benzene rings is 2. The van der Waals surface area contributed by atoms with Gasteiger partial charge in [-0.3, -0.25) is 14.5 Å². The number of hydrogen-bond acceptors (Lipinski definition) is 8. The van der Waals surface area contributed by atoms with E-state index in [1.54, 1.807) is 37.3 Å². The Morgan fingerprint density at radius 2 is 1.80 bits per heavy atom. The molecule has 0 unspecified atom stereocenters. The minimum atomic E-state index is -0.832. The molecule has 0 saturated carbocycles. The molecule has 2 aromatic carbocycles. The van der Waals surface area contributed by atoms with Gasteiger partial charge in [0, 0.05) is 31.7 Å². The number of aliphatic hydroxyl groups excluding tert-OH is 1. The zero-order valence-corrected chi connectivity index (χ0v) is 23.8. The van der Waals surface area contributed by atoms with E-state index in [-0.39, 0.29) is 22.8 Å². The first kappa shape index (κ1) is 29.4. The number of amides is 1. The molecule has 2 fully saturated rings. The molecule has 9 nitrogen and oxygen atoms in total. The van der Waals surface area contributed by atoms with Crippen molar-refractivity contribution in [2.75, 3.05) is 52.6 Å². The van der Waals surface area contributed by atoms with Gasteiger partial charge in [0.1, 0.15) is 11.5 Å². The minimum absolute atomic E-state index is 0.0137. The van der Waals surface area contributed by atoms with Crippen LogP contribution in [0.15, 0.2) is 42.0 Å². The van der Waals surface area contributed by atoms with Gasteiger partial charge in [-0.25, -0.2) is 0 Å². The number of phenols is 1. The van der Waals surface area contributed by atoms with Gasteiger partial charge in [-0.1, -0.05) is 19.9 Å². The van der Waals surface area contributed by atoms with E-state index in [2.05, 4.69) is 18.7 Å². The summed E-state index contributed by atoms with van der Waals surface area (Å²) in [5.74, 6) is -0.373. The zero-order chi connectivity index (χ0) is 28.8. The number of ketones is 1. The summed E-state index contributed by atoms with van der Waals surface area (Å²) in [6.07, 6.45) is 0.654. The average molecular weight is 553 g/mol. The third kappa shape index (κ3) is 6.59. The molecule has 40 heavy (non-hydrogen) atoms. The molecule has 216 valence electrons. The van der Waals surface area contributed by atoms with Crippen molar-refractivity contribution in [2.24, 2.45) is 5.92 Å². The second-order valence-electron chi connectivity index (χ2n) is 10.6. The number of hydrogen-bond donors (Lipinski definition) is 2. The molecule has 0 aliphatic carbocycles. The van der Waals surface area contributed by atoms with Crippen molar-refractivity contribution in [3.63, 3.8) is 0 Å². The number of phenolic OH excluding ortho intramolecular Hbond substituents is 1. The molecule has 1 amide bonds. The number of likely N-dealkylation sites (tertiary alicyclic amines) is 1. The lowest BCUT2D eigenvalue weighted by atomic mass is 9.94. The Balaban J connectivity index is 1.70. The summed E-state index contributed by atoms with van der Waals surface area (Å²) in [7, 11) is 0. The van der Waals surface area contributed by atoms with Crippen LogP contribution in [0.4, 0.5) is 0 Å². The number of ether oxygens (including phenoxy) is 3. The quantitative estimate of drug-likeness (QED) is 0.242. The van der Waals surface area contributed by atoms with Crippen molar-refractivity contribution >= 4 is 17.4 Å². The Kier molecular flexibility index (Phi) is 9.71. The van der Waals surface area contributed by atoms with Crippen molar-refractivity contribution in [2.45, 2.75) is 40.2 Å². The number of nitrogens with zero attached hydrogens (tertiary/aromatic N) is 2. The smallest absolute Gasteiger partial charge is 0.295 e. The Hall–Kier alpha value is -3.56. The first-order chi connectivity index (χ1) is 19.2. The van der Waals surface area contributed by atoms with Gasteiger partial charge in [0.25, 0.3) is 11.7 Å². The Morgan fingerprint density at radius 1 is 1.05 bits per heavy atom. The lowest BCUT2D eigenvalue weighted by Gasteiger charge is -2.29. The number of carbonyl (C=O) groups excluding carboxylic acids is 2. The topological polar surface area (TPSA) is 109 Å². The second kappa shape index (κ2) is 13.2. The van der Waals surface area contributed by atoms with E-state index in [1.807, 2.05) is 6.92 Å². The van der Waals surface area contributed by atoms with Crippen LogP contribution < -0.4 is 9.47 Å². The lowest BCUT2D eigenvalue weighted by Crippen LogP contribution is -2.38. The molecule has 0 aromatic heterocycles. The van der Waals surface area contributed by atoms with Gasteiger partial charge in [-0.05, 0) is 67.6 Å². The van der Waals surface area contributed by atoms with E-state index in [4.69, 9.17) is 14.2 Å². The van der Waals surface area contributed by atoms with Gasteiger partial charge in [0.05, 0.1) is 38.0 Å². The molecule has 2 saturated heterocycles. The largest absolute Gasteiger partial charge is 0.507 e. The highest BCUT2D eigenvalue weighted by atomic mass is 16.5. The van der Waals surface area contributed by atoms with Gasteiger partial charge in [-0.15, -0.1) is 0 Å². The predicted octanol–water partition coefficient (Wildman–Crippen LogP) is 4.28. The van der Waals surface area contributed by atoms with E-state index >= 15 is 0 Å². The third-order valence-electron chi connectivity index (χ3n) is 7.14. The maximum Gasteiger partial charge on any atom is 0.295 e. The van der Waals surface area contributed by atoms with Crippen molar-refractivity contribution in [1.82, 2.24) is 9.80 Å². The zero-order valence-electron chi connectivity index (χ0n) is 23.8. The lowest BCUT2D eigenvalue weighted by molar-refractivity contribution is -0.140. The number of aryl methyl sites for hydroxylation is 1. The summed E-state index contributed by atoms with van der Waals surface area (Å²) >= 11 is 0. The van der Waals surface area contributed by atoms with Crippen LogP contribution in [0.5, 0.6) is 17.2 Å². The van der Waals surface area contributed by atoms with Crippen LogP contribution >= 0.6 is 0 Å². The molecule has 0 bridgehead atoms. The highest BCUT2D eigenvalue weighted by molar-refractivity contribution is 6.46. The Labute approximate surface area is 235 Å². The summed E-state index contributed by atoms with van der Waals surface area (Å²) in [5.41, 5.74) is 1.82. The molecule has 2 aromatic rings. The molecule has 0 spiro atoms. The van der Waals surface area contributed by atoms with Crippen LogP contribution in [-0.4, -0.2) is 84.3 Å². The van der Waals surface area contributed by atoms with Crippen molar-refractivity contribution in [1.29, 1.82) is 0 Å². The highest BCUT2D eigenvalue weighted by Gasteiger charge is 2.46. The van der Waals surface area contributed by atoms with Gasteiger partial charge in [0.2, 0.25) is 0 Å². The summed E-state index contributed by atoms with van der Waals surface area (Å²) in [6, 6.07) is 9.17. The predicted molar refractivity (Wildman–Crippen MR) is 152 cm³/mol. The number of rotatable bonds is 11. The number of aromatic hydroxyl groups is 1. The summed E-state index contributed by atoms with van der Waals surface area (Å²) in [4.78, 5) is 30.6. The number of Topliss-reactive ketones (excluding diaryl/α,β-unsaturated/α-hetero) is 1. The van der Waals surface area contributed by atoms with E-state index in [0.717, 1.165) is 25.2 Å². The molecule has 0 radical (unpaired) electrons. The Morgan fingerprint density at radius 3 is 2.48 bits per heavy atom. The summed E-state index contributed by atoms with van der Waals surface area (Å²) in [5, 5.41) is 21.8. The van der Waals surface area contributed by atoms with E-state index in [0.29, 0.717) is 62.2 Å². The molecular weight excluding hydrogens is 512 g/mol. The molecule has 4 rings (SSSR count). The first-order valence-corrected chi connectivity index (χ1v) is 14.0. The van der Waals surface area contributed by atoms with Crippen LogP contribution in [0.25, 0.3) is 5.76 Å². The SMILES string of the molecule is CCOc1cc([C@H]2/C(=C(\O)c3ccc(OCC(C)C)c(C)c3)C(=O)C(=O)N2CCCN2CCOCC2)ccc1O. The number of aliphatic hydroxyl groups is 1. The highest BCUT2D eigenvalue weighted by Crippen LogP contribution is 2.42. The van der Waals surface area contributed by atoms with Gasteiger partial charge in [0.15, 0.2) is 11.5 Å². The minimum Gasteiger partial charge on any atom is -0.507 e. The summed E-state index contributed by atoms with van der Waals surface area (Å²) in [6.45, 7) is 12.8. The van der Waals surface area contributed by atoms with Crippen molar-refractivity contribution < 1.29 is 34.0 Å². The van der Waals surface area contributed by atoms with Gasteiger partial charge < -0.3 is 29.3 Å². The molecule has 1 atom stereocenters. The average Bonchev–Trinajstić information content (AvgIpc) is 3.19. The van der Waals surface area contributed by atoms with Crippen LogP contribution in [0.2, 0.25) is 0 Å². The molecule has 2 aliphatic heterocycles. The molecule has 2 N–H and O–H groups in total. The van der Waals surface area contributed by atoms with Gasteiger partial charge in [-0.2, -0.15) is 0 Å². The monoisotopic (exact) mass is 552 g/mol. The number of morpholine rings is 1. The fourth-order valence-electron chi connectivity index (χ4n) is 5.09. The van der Waals surface area contributed by atoms with Crippen LogP contribution in [-0.2, 0) is 14.3 Å². The molecule has 2 heterocycles. The third-order valence-corrected chi connectivity index (χ3v) is 7.14. The van der Waals surface area contributed by atoms with Gasteiger partial charge >= 0.3 is 0 Å². The maximum atomic E-state index is 13.4. The standard InChI is InChI=1S/C31H40N2O7/c1-5-39-26-18-22(7-9-24(26)34)28-27(29(35)23-8-10-25(21(4)17-23)40-19-20(2)3)30(36)31(37)33(28)12-6-11-32-13-15-38-16-14-32/h7-10,17-18,20,28,34-35H,5-6,11-16,19H2,1-4H3/b29-27+/t28-/m0/s1. The maximum absolute atomic E-state index is 13.4. The Bertz CT molecular complexity index is 1250. The van der Waals surface area contributed by atoms with Crippen molar-refractivity contribution in [3.8, 4) is 17.2 Å². The van der Waals surface area contributed by atoms with E-state index in [1.165, 1.54) is 11.0 Å². The van der Waals surface area contributed by atoms with E-state index < -0.39 is 17.7 Å². The number of carbonyl (C=O) groups is 2. The molecule has 9 heteroatoms. The normalized spacial score (nSPS) is 19.4. The van der Waals surface area contributed by atoms with Crippen molar-refractivity contribution in [3.05, 3.63) is 58.7 Å².